The number of halogens is 1. The predicted molar refractivity (Wildman–Crippen MR) is 85.3 cm³/mol. The lowest BCUT2D eigenvalue weighted by molar-refractivity contribution is 0.0923. The molecular weight excluding hydrogens is 351 g/mol. The van der Waals surface area contributed by atoms with Gasteiger partial charge in [0.15, 0.2) is 0 Å². The molecule has 0 aliphatic rings. The molecule has 0 atom stereocenters. The molecule has 0 bridgehead atoms. The normalized spacial score (nSPS) is 10.7. The van der Waals surface area contributed by atoms with Crippen LogP contribution in [0.3, 0.4) is 0 Å². The van der Waals surface area contributed by atoms with Crippen molar-refractivity contribution < 1.29 is 4.79 Å². The van der Waals surface area contributed by atoms with Gasteiger partial charge in [-0.25, -0.2) is 0 Å². The van der Waals surface area contributed by atoms with E-state index in [1.807, 2.05) is 30.3 Å². The van der Waals surface area contributed by atoms with Gasteiger partial charge >= 0.3 is 0 Å². The summed E-state index contributed by atoms with van der Waals surface area (Å²) in [6.07, 6.45) is 3.15. The van der Waals surface area contributed by atoms with E-state index >= 15 is 0 Å². The van der Waals surface area contributed by atoms with Crippen molar-refractivity contribution in [3.63, 3.8) is 0 Å². The number of nitrogens with zero attached hydrogens (tertiary/aromatic N) is 2. The molecule has 0 radical (unpaired) electrons. The third-order valence-corrected chi connectivity index (χ3v) is 4.14. The average molecular weight is 368 g/mol. The Bertz CT molecular complexity index is 575. The van der Waals surface area contributed by atoms with Crippen molar-refractivity contribution in [3.05, 3.63) is 39.6 Å². The molecule has 0 N–H and O–H groups in total. The predicted octanol–water partition coefficient (Wildman–Crippen LogP) is 4.16. The second-order valence-electron chi connectivity index (χ2n) is 4.51. The van der Waals surface area contributed by atoms with Crippen LogP contribution in [0.2, 0.25) is 0 Å². The summed E-state index contributed by atoms with van der Waals surface area (Å²) in [6.45, 7) is 3.71. The van der Waals surface area contributed by atoms with E-state index < -0.39 is 0 Å². The molecule has 100 valence electrons. The molecule has 0 unspecified atom stereocenters. The van der Waals surface area contributed by atoms with Crippen molar-refractivity contribution in [1.29, 1.82) is 0 Å². The van der Waals surface area contributed by atoms with Gasteiger partial charge in [-0.1, -0.05) is 43.7 Å². The van der Waals surface area contributed by atoms with E-state index in [-0.39, 0.29) is 5.91 Å². The Morgan fingerprint density at radius 3 is 2.58 bits per heavy atom. The summed E-state index contributed by atoms with van der Waals surface area (Å²) in [5.41, 5.74) is 2.98. The lowest BCUT2D eigenvalue weighted by Gasteiger charge is -2.03. The number of aryl methyl sites for hydroxylation is 1. The van der Waals surface area contributed by atoms with Gasteiger partial charge in [-0.3, -0.25) is 4.79 Å². The van der Waals surface area contributed by atoms with Crippen LogP contribution in [-0.2, 0) is 6.42 Å². The summed E-state index contributed by atoms with van der Waals surface area (Å²) in [5.74, 6) is -0.0421. The molecule has 0 amide bonds. The van der Waals surface area contributed by atoms with E-state index in [0.29, 0.717) is 0 Å². The number of hydrogen-bond donors (Lipinski definition) is 0. The minimum absolute atomic E-state index is 0.0421. The topological polar surface area (TPSA) is 34.9 Å². The molecule has 1 aromatic carbocycles. The van der Waals surface area contributed by atoms with Crippen LogP contribution < -0.4 is 0 Å². The van der Waals surface area contributed by atoms with Crippen LogP contribution in [-0.4, -0.2) is 15.7 Å². The molecular formula is C15H17IN2O. The molecule has 2 aromatic rings. The van der Waals surface area contributed by atoms with Crippen LogP contribution in [0.25, 0.3) is 11.3 Å². The Balaban J connectivity index is 2.52. The van der Waals surface area contributed by atoms with Gasteiger partial charge in [-0.05, 0) is 35.4 Å². The maximum Gasteiger partial charge on any atom is 0.244 e. The molecule has 1 aromatic heterocycles. The van der Waals surface area contributed by atoms with Crippen molar-refractivity contribution in [2.75, 3.05) is 0 Å². The minimum Gasteiger partial charge on any atom is -0.273 e. The van der Waals surface area contributed by atoms with Gasteiger partial charge in [0.1, 0.15) is 0 Å². The first-order valence-electron chi connectivity index (χ1n) is 6.49. The van der Waals surface area contributed by atoms with Crippen molar-refractivity contribution in [2.24, 2.45) is 0 Å². The van der Waals surface area contributed by atoms with Gasteiger partial charge in [0, 0.05) is 12.5 Å². The second-order valence-corrected chi connectivity index (χ2v) is 5.59. The van der Waals surface area contributed by atoms with Crippen molar-refractivity contribution in [3.8, 4) is 11.3 Å². The van der Waals surface area contributed by atoms with Crippen molar-refractivity contribution in [1.82, 2.24) is 9.78 Å². The highest BCUT2D eigenvalue weighted by Crippen LogP contribution is 2.28. The van der Waals surface area contributed by atoms with Crippen LogP contribution in [0.4, 0.5) is 0 Å². The summed E-state index contributed by atoms with van der Waals surface area (Å²) in [4.78, 5) is 11.8. The Labute approximate surface area is 127 Å². The number of unbranched alkanes of at least 4 members (excludes halogenated alkanes) is 1. The van der Waals surface area contributed by atoms with Gasteiger partial charge < -0.3 is 0 Å². The SMILES string of the molecule is CCCCc1nn(C(C)=O)c(-c2ccccc2)c1I. The fourth-order valence-electron chi connectivity index (χ4n) is 2.02. The summed E-state index contributed by atoms with van der Waals surface area (Å²) in [5, 5.41) is 4.48. The molecule has 1 heterocycles. The second kappa shape index (κ2) is 6.32. The highest BCUT2D eigenvalue weighted by molar-refractivity contribution is 14.1. The Kier molecular flexibility index (Phi) is 4.74. The zero-order valence-electron chi connectivity index (χ0n) is 11.2. The third kappa shape index (κ3) is 3.05. The van der Waals surface area contributed by atoms with Crippen molar-refractivity contribution >= 4 is 28.5 Å². The molecule has 0 spiro atoms. The molecule has 0 saturated carbocycles. The molecule has 0 aliphatic carbocycles. The van der Waals surface area contributed by atoms with Crippen LogP contribution >= 0.6 is 22.6 Å². The van der Waals surface area contributed by atoms with E-state index in [0.717, 1.165) is 39.8 Å². The highest BCUT2D eigenvalue weighted by atomic mass is 127. The van der Waals surface area contributed by atoms with Crippen LogP contribution in [0.1, 0.15) is 37.2 Å². The maximum atomic E-state index is 11.8. The third-order valence-electron chi connectivity index (χ3n) is 3.01. The summed E-state index contributed by atoms with van der Waals surface area (Å²) >= 11 is 2.30. The first-order valence-corrected chi connectivity index (χ1v) is 7.56. The fourth-order valence-corrected chi connectivity index (χ4v) is 2.94. The zero-order valence-corrected chi connectivity index (χ0v) is 13.3. The average Bonchev–Trinajstić information content (AvgIpc) is 2.75. The first-order chi connectivity index (χ1) is 9.15. The number of aromatic nitrogens is 2. The van der Waals surface area contributed by atoms with Crippen LogP contribution in [0.5, 0.6) is 0 Å². The number of benzene rings is 1. The number of carbonyl (C=O) groups excluding carboxylic acids is 1. The maximum absolute atomic E-state index is 11.8. The standard InChI is InChI=1S/C15H17IN2O/c1-3-4-10-13-14(16)15(18(17-13)11(2)19)12-8-6-5-7-9-12/h5-9H,3-4,10H2,1-2H3. The van der Waals surface area contributed by atoms with Crippen LogP contribution in [0.15, 0.2) is 30.3 Å². The smallest absolute Gasteiger partial charge is 0.244 e. The molecule has 4 heteroatoms. The van der Waals surface area contributed by atoms with Crippen LogP contribution in [0, 0.1) is 3.57 Å². The molecule has 0 aliphatic heterocycles. The summed E-state index contributed by atoms with van der Waals surface area (Å²) < 4.78 is 2.62. The van der Waals surface area contributed by atoms with Gasteiger partial charge in [0.25, 0.3) is 0 Å². The van der Waals surface area contributed by atoms with E-state index in [9.17, 15) is 4.79 Å². The van der Waals surface area contributed by atoms with E-state index in [4.69, 9.17) is 0 Å². The zero-order chi connectivity index (χ0) is 13.8. The fraction of sp³-hybridized carbons (Fsp3) is 0.333. The van der Waals surface area contributed by atoms with Gasteiger partial charge in [0.2, 0.25) is 5.91 Å². The minimum atomic E-state index is -0.0421. The monoisotopic (exact) mass is 368 g/mol. The molecule has 0 fully saturated rings. The largest absolute Gasteiger partial charge is 0.273 e. The molecule has 2 rings (SSSR count). The lowest BCUT2D eigenvalue weighted by atomic mass is 10.1. The molecule has 0 saturated heterocycles. The number of carbonyl (C=O) groups is 1. The lowest BCUT2D eigenvalue weighted by Crippen LogP contribution is -2.09. The number of rotatable bonds is 4. The van der Waals surface area contributed by atoms with E-state index in [1.54, 1.807) is 6.92 Å². The summed E-state index contributed by atoms with van der Waals surface area (Å²) in [7, 11) is 0. The van der Waals surface area contributed by atoms with E-state index in [2.05, 4.69) is 34.6 Å². The Morgan fingerprint density at radius 1 is 1.32 bits per heavy atom. The molecule has 3 nitrogen and oxygen atoms in total. The van der Waals surface area contributed by atoms with Gasteiger partial charge in [0.05, 0.1) is 15.0 Å². The van der Waals surface area contributed by atoms with E-state index in [1.165, 1.54) is 4.68 Å². The quantitative estimate of drug-likeness (QED) is 0.760. The van der Waals surface area contributed by atoms with Gasteiger partial charge in [-0.15, -0.1) is 0 Å². The highest BCUT2D eigenvalue weighted by Gasteiger charge is 2.18. The van der Waals surface area contributed by atoms with Gasteiger partial charge in [-0.2, -0.15) is 9.78 Å². The first kappa shape index (κ1) is 14.2. The Morgan fingerprint density at radius 2 is 2.00 bits per heavy atom. The van der Waals surface area contributed by atoms with Crippen molar-refractivity contribution in [2.45, 2.75) is 33.1 Å². The summed E-state index contributed by atoms with van der Waals surface area (Å²) in [6, 6.07) is 9.97. The molecule has 19 heavy (non-hydrogen) atoms. The number of hydrogen-bond acceptors (Lipinski definition) is 2. The Hall–Kier alpha value is -1.17.